The summed E-state index contributed by atoms with van der Waals surface area (Å²) in [4.78, 5) is 21.8. The number of anilines is 1. The average Bonchev–Trinajstić information content (AvgIpc) is 2.83. The SMILES string of the molecule is CC(c1ccccc1Cl)N1CCN(CCC(=O)N2CCN(c3ccc(F)cc3)CC2)CC1. The van der Waals surface area contributed by atoms with Crippen molar-refractivity contribution >= 4 is 23.2 Å². The zero-order valence-corrected chi connectivity index (χ0v) is 19.5. The van der Waals surface area contributed by atoms with E-state index in [0.29, 0.717) is 12.5 Å². The van der Waals surface area contributed by atoms with Crippen LogP contribution < -0.4 is 4.90 Å². The molecule has 1 atom stereocenters. The first-order valence-electron chi connectivity index (χ1n) is 11.5. The van der Waals surface area contributed by atoms with Gasteiger partial charge in [0.1, 0.15) is 5.82 Å². The second kappa shape index (κ2) is 10.6. The Morgan fingerprint density at radius 3 is 2.25 bits per heavy atom. The quantitative estimate of drug-likeness (QED) is 0.656. The summed E-state index contributed by atoms with van der Waals surface area (Å²) in [5.74, 6) is 0.0114. The van der Waals surface area contributed by atoms with Crippen molar-refractivity contribution in [2.24, 2.45) is 0 Å². The molecule has 2 aromatic rings. The van der Waals surface area contributed by atoms with Gasteiger partial charge in [-0.2, -0.15) is 0 Å². The first-order chi connectivity index (χ1) is 15.5. The molecule has 1 amide bonds. The molecule has 0 spiro atoms. The summed E-state index contributed by atoms with van der Waals surface area (Å²) in [5, 5.41) is 0.826. The Balaban J connectivity index is 1.18. The molecule has 2 aliphatic heterocycles. The first-order valence-corrected chi connectivity index (χ1v) is 11.9. The number of benzene rings is 2. The molecule has 32 heavy (non-hydrogen) atoms. The monoisotopic (exact) mass is 458 g/mol. The number of carbonyl (C=O) groups excluding carboxylic acids is 1. The van der Waals surface area contributed by atoms with Gasteiger partial charge in [-0.05, 0) is 42.8 Å². The Morgan fingerprint density at radius 2 is 1.59 bits per heavy atom. The van der Waals surface area contributed by atoms with E-state index in [1.54, 1.807) is 12.1 Å². The second-order valence-corrected chi connectivity index (χ2v) is 9.08. The average molecular weight is 459 g/mol. The highest BCUT2D eigenvalue weighted by Gasteiger charge is 2.25. The van der Waals surface area contributed by atoms with Gasteiger partial charge in [0.15, 0.2) is 0 Å². The second-order valence-electron chi connectivity index (χ2n) is 8.67. The van der Waals surface area contributed by atoms with E-state index in [2.05, 4.69) is 27.7 Å². The van der Waals surface area contributed by atoms with Gasteiger partial charge < -0.3 is 14.7 Å². The van der Waals surface area contributed by atoms with Crippen molar-refractivity contribution in [3.8, 4) is 0 Å². The summed E-state index contributed by atoms with van der Waals surface area (Å²) < 4.78 is 13.1. The summed E-state index contributed by atoms with van der Waals surface area (Å²) in [6, 6.07) is 14.9. The highest BCUT2D eigenvalue weighted by Crippen LogP contribution is 2.27. The van der Waals surface area contributed by atoms with E-state index < -0.39 is 0 Å². The Bertz CT molecular complexity index is 893. The lowest BCUT2D eigenvalue weighted by Crippen LogP contribution is -2.50. The van der Waals surface area contributed by atoms with Gasteiger partial charge in [-0.3, -0.25) is 9.69 Å². The van der Waals surface area contributed by atoms with Crippen molar-refractivity contribution in [2.75, 3.05) is 63.8 Å². The molecule has 0 bridgehead atoms. The Hall–Kier alpha value is -2.15. The summed E-state index contributed by atoms with van der Waals surface area (Å²) >= 11 is 6.38. The van der Waals surface area contributed by atoms with E-state index in [-0.39, 0.29) is 11.7 Å². The van der Waals surface area contributed by atoms with Crippen molar-refractivity contribution in [1.29, 1.82) is 0 Å². The molecule has 0 aliphatic carbocycles. The number of hydrogen-bond acceptors (Lipinski definition) is 4. The minimum Gasteiger partial charge on any atom is -0.368 e. The van der Waals surface area contributed by atoms with Gasteiger partial charge in [-0.1, -0.05) is 29.8 Å². The molecular weight excluding hydrogens is 427 g/mol. The van der Waals surface area contributed by atoms with Crippen LogP contribution in [0.2, 0.25) is 5.02 Å². The maximum absolute atomic E-state index is 13.1. The lowest BCUT2D eigenvalue weighted by Gasteiger charge is -2.39. The van der Waals surface area contributed by atoms with Gasteiger partial charge in [-0.25, -0.2) is 4.39 Å². The summed E-state index contributed by atoms with van der Waals surface area (Å²) in [6.45, 7) is 9.95. The fraction of sp³-hybridized carbons (Fsp3) is 0.480. The first kappa shape index (κ1) is 23.0. The Morgan fingerprint density at radius 1 is 0.938 bits per heavy atom. The van der Waals surface area contributed by atoms with E-state index in [4.69, 9.17) is 11.6 Å². The van der Waals surface area contributed by atoms with Crippen molar-refractivity contribution < 1.29 is 9.18 Å². The zero-order chi connectivity index (χ0) is 22.5. The van der Waals surface area contributed by atoms with Crippen LogP contribution in [-0.4, -0.2) is 79.5 Å². The smallest absolute Gasteiger partial charge is 0.223 e. The molecule has 172 valence electrons. The highest BCUT2D eigenvalue weighted by atomic mass is 35.5. The summed E-state index contributed by atoms with van der Waals surface area (Å²) in [7, 11) is 0. The lowest BCUT2D eigenvalue weighted by atomic mass is 10.1. The third kappa shape index (κ3) is 5.61. The van der Waals surface area contributed by atoms with Crippen LogP contribution in [0.1, 0.15) is 24.9 Å². The van der Waals surface area contributed by atoms with E-state index in [9.17, 15) is 9.18 Å². The lowest BCUT2D eigenvalue weighted by molar-refractivity contribution is -0.131. The minimum atomic E-state index is -0.221. The molecule has 5 nitrogen and oxygen atoms in total. The molecule has 0 saturated carbocycles. The summed E-state index contributed by atoms with van der Waals surface area (Å²) in [6.07, 6.45) is 0.566. The molecule has 2 fully saturated rings. The number of piperazine rings is 2. The Labute approximate surface area is 195 Å². The standard InChI is InChI=1S/C25H32ClFN4O/c1-20(23-4-2-3-5-24(23)26)29-14-12-28(13-15-29)11-10-25(32)31-18-16-30(17-19-31)22-8-6-21(27)7-9-22/h2-9,20H,10-19H2,1H3. The van der Waals surface area contributed by atoms with E-state index >= 15 is 0 Å². The predicted octanol–water partition coefficient (Wildman–Crippen LogP) is 3.90. The Kier molecular flexibility index (Phi) is 7.66. The van der Waals surface area contributed by atoms with Crippen LogP contribution in [0.4, 0.5) is 10.1 Å². The number of nitrogens with zero attached hydrogens (tertiary/aromatic N) is 4. The van der Waals surface area contributed by atoms with E-state index in [0.717, 1.165) is 69.6 Å². The molecule has 2 heterocycles. The summed E-state index contributed by atoms with van der Waals surface area (Å²) in [5.41, 5.74) is 2.19. The van der Waals surface area contributed by atoms with Crippen molar-refractivity contribution in [2.45, 2.75) is 19.4 Å². The van der Waals surface area contributed by atoms with Crippen molar-refractivity contribution in [3.63, 3.8) is 0 Å². The third-order valence-electron chi connectivity index (χ3n) is 6.78. The van der Waals surface area contributed by atoms with Crippen LogP contribution in [0.15, 0.2) is 48.5 Å². The third-order valence-corrected chi connectivity index (χ3v) is 7.12. The number of halogens is 2. The largest absolute Gasteiger partial charge is 0.368 e. The van der Waals surface area contributed by atoms with Gasteiger partial charge in [0, 0.05) is 82.1 Å². The maximum atomic E-state index is 13.1. The topological polar surface area (TPSA) is 30.0 Å². The predicted molar refractivity (Wildman–Crippen MR) is 128 cm³/mol. The molecule has 0 radical (unpaired) electrons. The molecule has 2 saturated heterocycles. The molecular formula is C25H32ClFN4O. The molecule has 0 N–H and O–H groups in total. The molecule has 0 aromatic heterocycles. The van der Waals surface area contributed by atoms with Crippen LogP contribution >= 0.6 is 11.6 Å². The van der Waals surface area contributed by atoms with Gasteiger partial charge >= 0.3 is 0 Å². The molecule has 4 rings (SSSR count). The molecule has 7 heteroatoms. The fourth-order valence-corrected chi connectivity index (χ4v) is 4.96. The number of hydrogen-bond donors (Lipinski definition) is 0. The van der Waals surface area contributed by atoms with Gasteiger partial charge in [0.25, 0.3) is 0 Å². The van der Waals surface area contributed by atoms with Crippen LogP contribution in [0.3, 0.4) is 0 Å². The van der Waals surface area contributed by atoms with Crippen molar-refractivity contribution in [3.05, 3.63) is 64.9 Å². The molecule has 2 aromatic carbocycles. The van der Waals surface area contributed by atoms with Crippen LogP contribution in [0, 0.1) is 5.82 Å². The minimum absolute atomic E-state index is 0.221. The normalized spacial score (nSPS) is 19.2. The highest BCUT2D eigenvalue weighted by molar-refractivity contribution is 6.31. The molecule has 1 unspecified atom stereocenters. The van der Waals surface area contributed by atoms with Crippen LogP contribution in [0.25, 0.3) is 0 Å². The van der Waals surface area contributed by atoms with Gasteiger partial charge in [-0.15, -0.1) is 0 Å². The number of amides is 1. The van der Waals surface area contributed by atoms with Crippen LogP contribution in [-0.2, 0) is 4.79 Å². The van der Waals surface area contributed by atoms with Gasteiger partial charge in [0.2, 0.25) is 5.91 Å². The van der Waals surface area contributed by atoms with Crippen molar-refractivity contribution in [1.82, 2.24) is 14.7 Å². The number of rotatable bonds is 6. The number of carbonyl (C=O) groups is 1. The zero-order valence-electron chi connectivity index (χ0n) is 18.7. The van der Waals surface area contributed by atoms with E-state index in [1.165, 1.54) is 17.7 Å². The van der Waals surface area contributed by atoms with Crippen LogP contribution in [0.5, 0.6) is 0 Å². The van der Waals surface area contributed by atoms with Gasteiger partial charge in [0.05, 0.1) is 0 Å². The fourth-order valence-electron chi connectivity index (χ4n) is 4.66. The molecule has 2 aliphatic rings. The van der Waals surface area contributed by atoms with E-state index in [1.807, 2.05) is 23.1 Å². The maximum Gasteiger partial charge on any atom is 0.223 e.